The number of benzene rings is 3. The molecule has 4 aromatic rings. The minimum atomic E-state index is -4.37. The van der Waals surface area contributed by atoms with Crippen LogP contribution < -0.4 is 5.73 Å². The van der Waals surface area contributed by atoms with Crippen molar-refractivity contribution in [2.24, 2.45) is 11.7 Å². The third kappa shape index (κ3) is 9.74. The molecule has 2 atom stereocenters. The maximum Gasteiger partial charge on any atom is 0.416 e. The van der Waals surface area contributed by atoms with Crippen LogP contribution in [0, 0.1) is 5.92 Å². The van der Waals surface area contributed by atoms with Gasteiger partial charge in [-0.3, -0.25) is 4.79 Å². The average Bonchev–Trinajstić information content (AvgIpc) is 3.57. The van der Waals surface area contributed by atoms with E-state index in [1.54, 1.807) is 38.1 Å². The fraction of sp³-hybridized carbons (Fsp3) is 0.385. The van der Waals surface area contributed by atoms with Gasteiger partial charge in [-0.15, -0.1) is 11.3 Å². The number of alkyl halides is 2. The molecule has 2 amide bonds. The van der Waals surface area contributed by atoms with Gasteiger partial charge in [0.05, 0.1) is 42.8 Å². The third-order valence-electron chi connectivity index (χ3n) is 9.22. The summed E-state index contributed by atoms with van der Waals surface area (Å²) in [6, 6.07) is 25.3. The molecule has 1 aromatic heterocycles. The molecule has 5 rings (SSSR count). The molecule has 0 bridgehead atoms. The summed E-state index contributed by atoms with van der Waals surface area (Å²) < 4.78 is 62.5. The lowest BCUT2D eigenvalue weighted by atomic mass is 9.81. The lowest BCUT2D eigenvalue weighted by Gasteiger charge is -2.39. The number of imide groups is 1. The number of amides is 2. The number of nitrogens with zero attached hydrogens (tertiary/aromatic N) is 2. The first kappa shape index (κ1) is 40.1. The van der Waals surface area contributed by atoms with Gasteiger partial charge in [0.2, 0.25) is 21.9 Å². The highest BCUT2D eigenvalue weighted by Gasteiger charge is 2.48. The molecule has 0 aliphatic heterocycles. The van der Waals surface area contributed by atoms with Crippen LogP contribution in [-0.2, 0) is 32.5 Å². The first-order chi connectivity index (χ1) is 25.0. The van der Waals surface area contributed by atoms with E-state index < -0.39 is 76.9 Å². The Morgan fingerprint density at radius 2 is 1.58 bits per heavy atom. The summed E-state index contributed by atoms with van der Waals surface area (Å²) >= 11 is 1.07. The number of hydrogen-bond acceptors (Lipinski definition) is 9. The lowest BCUT2D eigenvalue weighted by molar-refractivity contribution is -0.131. The van der Waals surface area contributed by atoms with E-state index in [1.165, 1.54) is 12.1 Å². The van der Waals surface area contributed by atoms with Crippen molar-refractivity contribution in [1.29, 1.82) is 0 Å². The quantitative estimate of drug-likeness (QED) is 0.132. The summed E-state index contributed by atoms with van der Waals surface area (Å²) in [5.74, 6) is -4.86. The van der Waals surface area contributed by atoms with Crippen LogP contribution in [0.1, 0.15) is 65.1 Å². The zero-order chi connectivity index (χ0) is 38.6. The van der Waals surface area contributed by atoms with Crippen LogP contribution in [0.25, 0.3) is 0 Å². The Balaban J connectivity index is 1.45. The van der Waals surface area contributed by atoms with E-state index in [2.05, 4.69) is 0 Å². The summed E-state index contributed by atoms with van der Waals surface area (Å²) in [4.78, 5) is 28.8. The monoisotopic (exact) mass is 769 g/mol. The molecule has 1 aliphatic rings. The number of sulfonamides is 1. The second-order valence-electron chi connectivity index (χ2n) is 14.1. The molecule has 0 radical (unpaired) electrons. The van der Waals surface area contributed by atoms with Gasteiger partial charge in [0, 0.05) is 41.5 Å². The van der Waals surface area contributed by atoms with Crippen molar-refractivity contribution < 1.29 is 41.7 Å². The predicted octanol–water partition coefficient (Wildman–Crippen LogP) is 6.09. The molecule has 53 heavy (non-hydrogen) atoms. The van der Waals surface area contributed by atoms with E-state index in [0.29, 0.717) is 15.3 Å². The molecular weight excluding hydrogens is 725 g/mol. The first-order valence-corrected chi connectivity index (χ1v) is 19.4. The minimum Gasteiger partial charge on any atom is -0.452 e. The average molecular weight is 770 g/mol. The van der Waals surface area contributed by atoms with E-state index in [-0.39, 0.29) is 24.4 Å². The van der Waals surface area contributed by atoms with Gasteiger partial charge in [-0.2, -0.15) is 4.31 Å². The number of rotatable bonds is 15. The first-order valence-electron chi connectivity index (χ1n) is 17.2. The van der Waals surface area contributed by atoms with Crippen molar-refractivity contribution in [2.75, 3.05) is 20.3 Å². The normalized spacial score (nSPS) is 15.9. The minimum absolute atomic E-state index is 0.108. The van der Waals surface area contributed by atoms with E-state index in [0.717, 1.165) is 38.8 Å². The lowest BCUT2D eigenvalue weighted by Crippen LogP contribution is -2.49. The molecule has 14 heteroatoms. The molecule has 1 aliphatic carbocycles. The SMILES string of the molecule is COC(=O)N(Cc1ccc([C@@H](CO)N(CC2CC(F)(F)C2)S(=O)(=O)c2cccc(CC(C)(C)O)c2)s1)C(=O)[C@@H](N)C(c1ccccc1)c1ccccc1. The van der Waals surface area contributed by atoms with Crippen molar-refractivity contribution in [2.45, 2.75) is 74.1 Å². The third-order valence-corrected chi connectivity index (χ3v) is 12.3. The second-order valence-corrected chi connectivity index (χ2v) is 17.2. The van der Waals surface area contributed by atoms with E-state index in [4.69, 9.17) is 10.5 Å². The van der Waals surface area contributed by atoms with Crippen LogP contribution in [0.15, 0.2) is 102 Å². The molecule has 0 unspecified atom stereocenters. The van der Waals surface area contributed by atoms with E-state index in [1.807, 2.05) is 60.7 Å². The molecule has 0 saturated heterocycles. The Labute approximate surface area is 312 Å². The zero-order valence-electron chi connectivity index (χ0n) is 29.8. The molecule has 0 spiro atoms. The summed E-state index contributed by atoms with van der Waals surface area (Å²) in [7, 11) is -3.22. The standard InChI is InChI=1S/C39H45F2N3O7S2/c1-38(2,48)20-26-11-10-16-31(19-26)53(49,50)44(23-27-21-39(40,41)22-27)32(25-45)33-18-17-30(52-33)24-43(37(47)51-3)36(46)35(42)34(28-12-6-4-7-13-28)29-14-8-5-9-15-29/h4-19,27,32,34-35,45,48H,20-25,42H2,1-3H3/t32-,35+/m1/s1. The van der Waals surface area contributed by atoms with Gasteiger partial charge in [-0.25, -0.2) is 26.9 Å². The number of carbonyl (C=O) groups is 2. The van der Waals surface area contributed by atoms with Crippen molar-refractivity contribution in [3.63, 3.8) is 0 Å². The van der Waals surface area contributed by atoms with E-state index >= 15 is 0 Å². The van der Waals surface area contributed by atoms with Crippen LogP contribution >= 0.6 is 11.3 Å². The number of halogens is 2. The number of aliphatic hydroxyl groups excluding tert-OH is 1. The predicted molar refractivity (Wildman–Crippen MR) is 198 cm³/mol. The van der Waals surface area contributed by atoms with Gasteiger partial charge in [-0.05, 0) is 60.7 Å². The Morgan fingerprint density at radius 1 is 0.981 bits per heavy atom. The molecular formula is C39H45F2N3O7S2. The molecule has 3 aromatic carbocycles. The van der Waals surface area contributed by atoms with Crippen LogP contribution in [0.2, 0.25) is 0 Å². The van der Waals surface area contributed by atoms with Crippen LogP contribution in [0.5, 0.6) is 0 Å². The highest BCUT2D eigenvalue weighted by atomic mass is 32.2. The molecule has 1 heterocycles. The maximum atomic E-state index is 14.3. The smallest absolute Gasteiger partial charge is 0.416 e. The summed E-state index contributed by atoms with van der Waals surface area (Å²) in [6.45, 7) is 1.99. The van der Waals surface area contributed by atoms with Crippen molar-refractivity contribution >= 4 is 33.4 Å². The molecule has 10 nitrogen and oxygen atoms in total. The van der Waals surface area contributed by atoms with Crippen molar-refractivity contribution in [3.8, 4) is 0 Å². The number of aliphatic hydroxyl groups is 2. The Kier molecular flexibility index (Phi) is 12.5. The largest absolute Gasteiger partial charge is 0.452 e. The summed E-state index contributed by atoms with van der Waals surface area (Å²) in [5.41, 5.74) is 7.62. The van der Waals surface area contributed by atoms with Crippen LogP contribution in [0.4, 0.5) is 13.6 Å². The highest BCUT2D eigenvalue weighted by Crippen LogP contribution is 2.45. The van der Waals surface area contributed by atoms with Crippen LogP contribution in [-0.4, -0.2) is 77.7 Å². The maximum absolute atomic E-state index is 14.3. The molecule has 1 fully saturated rings. The number of methoxy groups -OCH3 is 1. The number of thiophene rings is 1. The van der Waals surface area contributed by atoms with Gasteiger partial charge in [0.1, 0.15) is 0 Å². The molecule has 284 valence electrons. The number of ether oxygens (including phenoxy) is 1. The molecule has 1 saturated carbocycles. The highest BCUT2D eigenvalue weighted by molar-refractivity contribution is 7.89. The van der Waals surface area contributed by atoms with Crippen LogP contribution in [0.3, 0.4) is 0 Å². The topological polar surface area (TPSA) is 150 Å². The van der Waals surface area contributed by atoms with Gasteiger partial charge >= 0.3 is 6.09 Å². The number of nitrogens with two attached hydrogens (primary N) is 1. The summed E-state index contributed by atoms with van der Waals surface area (Å²) in [6.07, 6.45) is -1.76. The number of hydrogen-bond donors (Lipinski definition) is 3. The van der Waals surface area contributed by atoms with Crippen molar-refractivity contribution in [1.82, 2.24) is 9.21 Å². The Hall–Kier alpha value is -4.05. The van der Waals surface area contributed by atoms with Gasteiger partial charge in [0.15, 0.2) is 0 Å². The van der Waals surface area contributed by atoms with Gasteiger partial charge in [-0.1, -0.05) is 72.8 Å². The number of carbonyl (C=O) groups excluding carboxylic acids is 2. The van der Waals surface area contributed by atoms with Gasteiger partial charge in [0.25, 0.3) is 0 Å². The fourth-order valence-electron chi connectivity index (χ4n) is 6.74. The van der Waals surface area contributed by atoms with Gasteiger partial charge < -0.3 is 20.7 Å². The zero-order valence-corrected chi connectivity index (χ0v) is 31.4. The Morgan fingerprint density at radius 3 is 2.11 bits per heavy atom. The Bertz CT molecular complexity index is 1920. The second kappa shape index (κ2) is 16.5. The van der Waals surface area contributed by atoms with Crippen molar-refractivity contribution in [3.05, 3.63) is 124 Å². The van der Waals surface area contributed by atoms with E-state index in [9.17, 15) is 37.0 Å². The summed E-state index contributed by atoms with van der Waals surface area (Å²) in [5, 5.41) is 21.0. The fourth-order valence-corrected chi connectivity index (χ4v) is 9.66. The molecule has 4 N–H and O–H groups in total.